The van der Waals surface area contributed by atoms with Gasteiger partial charge in [-0.15, -0.1) is 11.8 Å². The van der Waals surface area contributed by atoms with Crippen molar-refractivity contribution in [3.05, 3.63) is 17.6 Å². The van der Waals surface area contributed by atoms with Gasteiger partial charge in [-0.1, -0.05) is 11.8 Å². The molecule has 0 spiro atoms. The second-order valence-corrected chi connectivity index (χ2v) is 8.54. The van der Waals surface area contributed by atoms with E-state index in [-0.39, 0.29) is 11.3 Å². The third-order valence-electron chi connectivity index (χ3n) is 3.46. The van der Waals surface area contributed by atoms with Gasteiger partial charge in [-0.3, -0.25) is 14.8 Å². The fourth-order valence-electron chi connectivity index (χ4n) is 2.43. The van der Waals surface area contributed by atoms with Gasteiger partial charge >= 0.3 is 5.97 Å². The van der Waals surface area contributed by atoms with Crippen molar-refractivity contribution in [3.63, 3.8) is 0 Å². The molecule has 3 N–H and O–H groups in total. The number of H-pyrrole nitrogens is 1. The number of carbonyl (C=O) groups excluding carboxylic acids is 2. The van der Waals surface area contributed by atoms with Crippen molar-refractivity contribution in [1.29, 1.82) is 0 Å². The lowest BCUT2D eigenvalue weighted by Crippen LogP contribution is -2.68. The Labute approximate surface area is 148 Å². The highest BCUT2D eigenvalue weighted by Gasteiger charge is 2.52. The van der Waals surface area contributed by atoms with E-state index in [1.165, 1.54) is 23.0 Å². The average molecular weight is 369 g/mol. The highest BCUT2D eigenvalue weighted by Crippen LogP contribution is 2.41. The van der Waals surface area contributed by atoms with E-state index < -0.39 is 17.6 Å². The minimum absolute atomic E-state index is 0.195. The Morgan fingerprint density at radius 3 is 2.96 bits per heavy atom. The van der Waals surface area contributed by atoms with Crippen LogP contribution in [0.4, 0.5) is 0 Å². The number of aromatic nitrogens is 3. The number of amides is 1. The van der Waals surface area contributed by atoms with Crippen molar-refractivity contribution in [1.82, 2.24) is 20.1 Å². The first kappa shape index (κ1) is 17.3. The van der Waals surface area contributed by atoms with E-state index in [0.29, 0.717) is 22.4 Å². The van der Waals surface area contributed by atoms with Gasteiger partial charge in [-0.05, 0) is 26.3 Å². The standard InChI is InChI=1S/C14H19N5O3S2/c1-14(2,3)22-12(21)9-7(5-24-13-16-6-17-18-13)4-23-11-8(15)10(20)19(9)11/h6,8,11H,4-5,15H2,1-3H3,(H,16,17,18)/t8?,11-/m0/s1. The van der Waals surface area contributed by atoms with Crippen molar-refractivity contribution < 1.29 is 14.3 Å². The lowest BCUT2D eigenvalue weighted by Gasteiger charge is -2.48. The molecule has 2 aliphatic rings. The van der Waals surface area contributed by atoms with E-state index >= 15 is 0 Å². The largest absolute Gasteiger partial charge is 0.455 e. The molecule has 0 bridgehead atoms. The zero-order valence-electron chi connectivity index (χ0n) is 13.6. The second-order valence-electron chi connectivity index (χ2n) is 6.47. The van der Waals surface area contributed by atoms with E-state index in [2.05, 4.69) is 15.2 Å². The third-order valence-corrected chi connectivity index (χ3v) is 5.78. The molecular formula is C14H19N5O3S2. The van der Waals surface area contributed by atoms with Gasteiger partial charge in [0.15, 0.2) is 5.16 Å². The number of nitrogens with zero attached hydrogens (tertiary/aromatic N) is 3. The van der Waals surface area contributed by atoms with Gasteiger partial charge in [0.1, 0.15) is 29.0 Å². The summed E-state index contributed by atoms with van der Waals surface area (Å²) in [6.07, 6.45) is 1.43. The molecule has 130 valence electrons. The number of thioether (sulfide) groups is 2. The number of β-lactam (4-membered cyclic amide) rings is 1. The molecule has 1 aromatic heterocycles. The molecule has 0 saturated carbocycles. The summed E-state index contributed by atoms with van der Waals surface area (Å²) in [5.41, 5.74) is 6.38. The predicted molar refractivity (Wildman–Crippen MR) is 91.0 cm³/mol. The zero-order chi connectivity index (χ0) is 17.5. The highest BCUT2D eigenvalue weighted by molar-refractivity contribution is 8.01. The van der Waals surface area contributed by atoms with Gasteiger partial charge in [0.05, 0.1) is 0 Å². The summed E-state index contributed by atoms with van der Waals surface area (Å²) in [6.45, 7) is 5.40. The zero-order valence-corrected chi connectivity index (χ0v) is 15.2. The fraction of sp³-hybridized carbons (Fsp3) is 0.571. The number of aromatic amines is 1. The molecule has 8 nitrogen and oxygen atoms in total. The molecule has 0 aliphatic carbocycles. The highest BCUT2D eigenvalue weighted by atomic mass is 32.2. The number of hydrogen-bond donors (Lipinski definition) is 2. The maximum absolute atomic E-state index is 12.7. The summed E-state index contributed by atoms with van der Waals surface area (Å²) >= 11 is 2.99. The van der Waals surface area contributed by atoms with Crippen molar-refractivity contribution in [2.75, 3.05) is 11.5 Å². The fourth-order valence-corrected chi connectivity index (χ4v) is 4.64. The van der Waals surface area contributed by atoms with Gasteiger partial charge in [0.25, 0.3) is 0 Å². The maximum Gasteiger partial charge on any atom is 0.355 e. The number of carbonyl (C=O) groups is 2. The van der Waals surface area contributed by atoms with Crippen molar-refractivity contribution in [2.45, 2.75) is 42.9 Å². The van der Waals surface area contributed by atoms with Crippen LogP contribution in [0, 0.1) is 0 Å². The van der Waals surface area contributed by atoms with Crippen LogP contribution in [0.5, 0.6) is 0 Å². The number of nitrogens with one attached hydrogen (secondary N) is 1. The Balaban J connectivity index is 1.86. The van der Waals surface area contributed by atoms with E-state index in [4.69, 9.17) is 10.5 Å². The Bertz CT molecular complexity index is 683. The minimum Gasteiger partial charge on any atom is -0.455 e. The monoisotopic (exact) mass is 369 g/mol. The summed E-state index contributed by atoms with van der Waals surface area (Å²) in [5, 5.41) is 7.02. The topological polar surface area (TPSA) is 114 Å². The summed E-state index contributed by atoms with van der Waals surface area (Å²) < 4.78 is 5.49. The third kappa shape index (κ3) is 3.31. The second kappa shape index (κ2) is 6.41. The Morgan fingerprint density at radius 1 is 1.58 bits per heavy atom. The van der Waals surface area contributed by atoms with Crippen LogP contribution in [0.25, 0.3) is 0 Å². The van der Waals surface area contributed by atoms with Crippen LogP contribution in [-0.2, 0) is 14.3 Å². The molecule has 3 rings (SSSR count). The SMILES string of the molecule is CC(C)(C)OC(=O)C1=C(CSc2ncn[nH]2)CS[C@H]2C(N)C(=O)N12. The molecule has 0 radical (unpaired) electrons. The van der Waals surface area contributed by atoms with E-state index in [9.17, 15) is 9.59 Å². The Kier molecular flexibility index (Phi) is 4.63. The maximum atomic E-state index is 12.7. The van der Waals surface area contributed by atoms with Crippen LogP contribution >= 0.6 is 23.5 Å². The summed E-state index contributed by atoms with van der Waals surface area (Å²) in [7, 11) is 0. The molecule has 2 aliphatic heterocycles. The lowest BCUT2D eigenvalue weighted by atomic mass is 10.0. The summed E-state index contributed by atoms with van der Waals surface area (Å²) in [6, 6.07) is -0.559. The van der Waals surface area contributed by atoms with Gasteiger partial charge in [0, 0.05) is 11.5 Å². The van der Waals surface area contributed by atoms with Crippen LogP contribution in [0.2, 0.25) is 0 Å². The first-order valence-electron chi connectivity index (χ1n) is 7.42. The van der Waals surface area contributed by atoms with Crippen LogP contribution in [0.3, 0.4) is 0 Å². The first-order valence-corrected chi connectivity index (χ1v) is 9.45. The quantitative estimate of drug-likeness (QED) is 0.454. The number of esters is 1. The number of nitrogens with two attached hydrogens (primary N) is 1. The Morgan fingerprint density at radius 2 is 2.33 bits per heavy atom. The molecule has 1 saturated heterocycles. The van der Waals surface area contributed by atoms with Crippen molar-refractivity contribution >= 4 is 35.4 Å². The van der Waals surface area contributed by atoms with Gasteiger partial charge in [-0.25, -0.2) is 9.78 Å². The molecule has 1 aromatic rings. The molecule has 2 atom stereocenters. The molecule has 0 aromatic carbocycles. The average Bonchev–Trinajstić information content (AvgIpc) is 3.02. The Hall–Kier alpha value is -1.52. The van der Waals surface area contributed by atoms with Gasteiger partial charge in [0.2, 0.25) is 5.91 Å². The van der Waals surface area contributed by atoms with Crippen LogP contribution in [-0.4, -0.2) is 60.5 Å². The van der Waals surface area contributed by atoms with E-state index in [1.54, 1.807) is 32.5 Å². The summed E-state index contributed by atoms with van der Waals surface area (Å²) in [5.74, 6) is 0.414. The molecule has 10 heteroatoms. The minimum atomic E-state index is -0.636. The molecular weight excluding hydrogens is 350 g/mol. The number of rotatable bonds is 4. The number of hydrogen-bond acceptors (Lipinski definition) is 8. The first-order chi connectivity index (χ1) is 11.3. The van der Waals surface area contributed by atoms with Gasteiger partial charge in [-0.2, -0.15) is 5.10 Å². The van der Waals surface area contributed by atoms with Crippen molar-refractivity contribution in [3.8, 4) is 0 Å². The molecule has 3 heterocycles. The number of ether oxygens (including phenoxy) is 1. The molecule has 1 fully saturated rings. The molecule has 1 unspecified atom stereocenters. The van der Waals surface area contributed by atoms with E-state index in [1.807, 2.05) is 0 Å². The van der Waals surface area contributed by atoms with Crippen LogP contribution < -0.4 is 5.73 Å². The number of fused-ring (bicyclic) bond motifs is 1. The lowest BCUT2D eigenvalue weighted by molar-refractivity contribution is -0.157. The summed E-state index contributed by atoms with van der Waals surface area (Å²) in [4.78, 5) is 30.4. The normalized spacial score (nSPS) is 23.8. The molecule has 24 heavy (non-hydrogen) atoms. The predicted octanol–water partition coefficient (Wildman–Crippen LogP) is 0.735. The van der Waals surface area contributed by atoms with Crippen molar-refractivity contribution in [2.24, 2.45) is 5.73 Å². The van der Waals surface area contributed by atoms with E-state index in [0.717, 1.165) is 5.57 Å². The van der Waals surface area contributed by atoms with Gasteiger partial charge < -0.3 is 10.5 Å². The smallest absolute Gasteiger partial charge is 0.355 e. The van der Waals surface area contributed by atoms with Crippen LogP contribution in [0.1, 0.15) is 20.8 Å². The molecule has 1 amide bonds. The van der Waals surface area contributed by atoms with Crippen LogP contribution in [0.15, 0.2) is 22.8 Å².